The number of nitrogens with zero attached hydrogens (tertiary/aromatic N) is 5. The van der Waals surface area contributed by atoms with Gasteiger partial charge in [0.25, 0.3) is 5.91 Å². The van der Waals surface area contributed by atoms with Crippen molar-refractivity contribution in [1.82, 2.24) is 19.8 Å². The van der Waals surface area contributed by atoms with Crippen LogP contribution in [0.1, 0.15) is 21.6 Å². The zero-order valence-electron chi connectivity index (χ0n) is 16.5. The van der Waals surface area contributed by atoms with Gasteiger partial charge < -0.3 is 10.2 Å². The Kier molecular flexibility index (Phi) is 5.97. The Bertz CT molecular complexity index is 1050. The fourth-order valence-electron chi connectivity index (χ4n) is 3.46. The lowest BCUT2D eigenvalue weighted by Crippen LogP contribution is -2.48. The highest BCUT2D eigenvalue weighted by Gasteiger charge is 2.23. The molecule has 7 nitrogen and oxygen atoms in total. The number of piperazine rings is 1. The highest BCUT2D eigenvalue weighted by molar-refractivity contribution is 5.92. The first-order valence-corrected chi connectivity index (χ1v) is 9.88. The Hall–Kier alpha value is -3.76. The highest BCUT2D eigenvalue weighted by Crippen LogP contribution is 2.18. The average molecular weight is 398 g/mol. The Morgan fingerprint density at radius 2 is 1.73 bits per heavy atom. The number of benzene rings is 2. The standard InChI is InChI=1S/C23H22N6O/c24-16-19-8-4-5-9-20(19)26-23-25-11-10-21(27-23)22(30)29-14-12-28(13-15-29)17-18-6-2-1-3-7-18/h1-11H,12-15,17H2,(H,25,26,27). The summed E-state index contributed by atoms with van der Waals surface area (Å²) in [6, 6.07) is 21.2. The molecule has 30 heavy (non-hydrogen) atoms. The summed E-state index contributed by atoms with van der Waals surface area (Å²) >= 11 is 0. The zero-order chi connectivity index (χ0) is 20.8. The largest absolute Gasteiger partial charge is 0.335 e. The van der Waals surface area contributed by atoms with Gasteiger partial charge in [-0.15, -0.1) is 0 Å². The minimum atomic E-state index is -0.103. The third-order valence-electron chi connectivity index (χ3n) is 5.08. The first-order valence-electron chi connectivity index (χ1n) is 9.88. The molecule has 7 heteroatoms. The van der Waals surface area contributed by atoms with E-state index in [0.29, 0.717) is 36.0 Å². The van der Waals surface area contributed by atoms with Gasteiger partial charge in [-0.05, 0) is 23.8 Å². The molecule has 1 N–H and O–H groups in total. The number of carbonyl (C=O) groups is 1. The third kappa shape index (κ3) is 4.62. The predicted molar refractivity (Wildman–Crippen MR) is 114 cm³/mol. The van der Waals surface area contributed by atoms with E-state index in [4.69, 9.17) is 0 Å². The summed E-state index contributed by atoms with van der Waals surface area (Å²) in [5.74, 6) is 0.194. The maximum Gasteiger partial charge on any atom is 0.272 e. The molecule has 0 atom stereocenters. The topological polar surface area (TPSA) is 85.1 Å². The van der Waals surface area contributed by atoms with Crippen LogP contribution in [-0.4, -0.2) is 51.9 Å². The molecule has 0 spiro atoms. The molecule has 1 saturated heterocycles. The molecular weight excluding hydrogens is 376 g/mol. The van der Waals surface area contributed by atoms with Crippen molar-refractivity contribution < 1.29 is 4.79 Å². The van der Waals surface area contributed by atoms with Crippen LogP contribution < -0.4 is 5.32 Å². The maximum absolute atomic E-state index is 12.9. The second-order valence-electron chi connectivity index (χ2n) is 7.10. The molecule has 0 bridgehead atoms. The van der Waals surface area contributed by atoms with Gasteiger partial charge in [-0.3, -0.25) is 9.69 Å². The van der Waals surface area contributed by atoms with E-state index in [-0.39, 0.29) is 5.91 Å². The molecule has 0 unspecified atom stereocenters. The molecule has 2 aromatic carbocycles. The fourth-order valence-corrected chi connectivity index (χ4v) is 3.46. The Morgan fingerprint density at radius 3 is 2.50 bits per heavy atom. The summed E-state index contributed by atoms with van der Waals surface area (Å²) in [4.78, 5) is 25.7. The fraction of sp³-hybridized carbons (Fsp3) is 0.217. The normalized spacial score (nSPS) is 14.2. The lowest BCUT2D eigenvalue weighted by Gasteiger charge is -2.34. The number of nitriles is 1. The van der Waals surface area contributed by atoms with Gasteiger partial charge in [-0.25, -0.2) is 9.97 Å². The zero-order valence-corrected chi connectivity index (χ0v) is 16.5. The Balaban J connectivity index is 1.38. The number of rotatable bonds is 5. The van der Waals surface area contributed by atoms with E-state index in [1.807, 2.05) is 29.2 Å². The minimum absolute atomic E-state index is 0.103. The second-order valence-corrected chi connectivity index (χ2v) is 7.10. The minimum Gasteiger partial charge on any atom is -0.335 e. The molecule has 1 aliphatic rings. The van der Waals surface area contributed by atoms with Crippen molar-refractivity contribution in [2.24, 2.45) is 0 Å². The van der Waals surface area contributed by atoms with E-state index in [2.05, 4.69) is 38.4 Å². The SMILES string of the molecule is N#Cc1ccccc1Nc1nccc(C(=O)N2CCN(Cc3ccccc3)CC2)n1. The van der Waals surface area contributed by atoms with Gasteiger partial charge in [0.2, 0.25) is 5.95 Å². The first kappa shape index (κ1) is 19.6. The molecule has 1 aliphatic heterocycles. The third-order valence-corrected chi connectivity index (χ3v) is 5.08. The molecule has 4 rings (SSSR count). The summed E-state index contributed by atoms with van der Waals surface area (Å²) in [7, 11) is 0. The average Bonchev–Trinajstić information content (AvgIpc) is 2.80. The summed E-state index contributed by atoms with van der Waals surface area (Å²) in [5.41, 5.74) is 2.73. The van der Waals surface area contributed by atoms with Gasteiger partial charge in [0.15, 0.2) is 0 Å². The van der Waals surface area contributed by atoms with Crippen LogP contribution in [0.5, 0.6) is 0 Å². The van der Waals surface area contributed by atoms with Crippen molar-refractivity contribution >= 4 is 17.5 Å². The van der Waals surface area contributed by atoms with Crippen molar-refractivity contribution in [1.29, 1.82) is 5.26 Å². The number of anilines is 2. The van der Waals surface area contributed by atoms with E-state index < -0.39 is 0 Å². The van der Waals surface area contributed by atoms with Crippen LogP contribution in [0.15, 0.2) is 66.9 Å². The Labute approximate surface area is 175 Å². The monoisotopic (exact) mass is 398 g/mol. The van der Waals surface area contributed by atoms with Crippen molar-refractivity contribution in [3.8, 4) is 6.07 Å². The van der Waals surface area contributed by atoms with E-state index in [1.165, 1.54) is 5.56 Å². The van der Waals surface area contributed by atoms with Gasteiger partial charge in [0, 0.05) is 38.9 Å². The van der Waals surface area contributed by atoms with Crippen LogP contribution in [-0.2, 0) is 6.54 Å². The molecule has 0 aliphatic carbocycles. The molecule has 1 fully saturated rings. The second kappa shape index (κ2) is 9.16. The molecule has 1 amide bonds. The summed E-state index contributed by atoms with van der Waals surface area (Å²) < 4.78 is 0. The van der Waals surface area contributed by atoms with Crippen LogP contribution in [0.2, 0.25) is 0 Å². The van der Waals surface area contributed by atoms with E-state index >= 15 is 0 Å². The van der Waals surface area contributed by atoms with Crippen LogP contribution in [0.3, 0.4) is 0 Å². The summed E-state index contributed by atoms with van der Waals surface area (Å²) in [5, 5.41) is 12.3. The number of para-hydroxylation sites is 1. The van der Waals surface area contributed by atoms with Gasteiger partial charge in [0.1, 0.15) is 11.8 Å². The van der Waals surface area contributed by atoms with Crippen LogP contribution >= 0.6 is 0 Å². The molecular formula is C23H22N6O. The smallest absolute Gasteiger partial charge is 0.272 e. The molecule has 2 heterocycles. The van der Waals surface area contributed by atoms with Crippen LogP contribution in [0.25, 0.3) is 0 Å². The molecule has 0 radical (unpaired) electrons. The number of hydrogen-bond donors (Lipinski definition) is 1. The molecule has 150 valence electrons. The number of hydrogen-bond acceptors (Lipinski definition) is 6. The predicted octanol–water partition coefficient (Wildman–Crippen LogP) is 3.05. The van der Waals surface area contributed by atoms with Crippen molar-refractivity contribution in [2.45, 2.75) is 6.54 Å². The molecule has 0 saturated carbocycles. The summed E-state index contributed by atoms with van der Waals surface area (Å²) in [6.45, 7) is 3.87. The Morgan fingerprint density at radius 1 is 1.00 bits per heavy atom. The molecule has 1 aromatic heterocycles. The van der Waals surface area contributed by atoms with Gasteiger partial charge in [-0.1, -0.05) is 42.5 Å². The van der Waals surface area contributed by atoms with E-state index in [9.17, 15) is 10.1 Å². The van der Waals surface area contributed by atoms with Gasteiger partial charge in [0.05, 0.1) is 11.3 Å². The van der Waals surface area contributed by atoms with Gasteiger partial charge in [-0.2, -0.15) is 5.26 Å². The van der Waals surface area contributed by atoms with Crippen LogP contribution in [0, 0.1) is 11.3 Å². The van der Waals surface area contributed by atoms with Crippen molar-refractivity contribution in [3.05, 3.63) is 83.7 Å². The summed E-state index contributed by atoms with van der Waals surface area (Å²) in [6.07, 6.45) is 1.56. The quantitative estimate of drug-likeness (QED) is 0.711. The van der Waals surface area contributed by atoms with Crippen molar-refractivity contribution in [3.63, 3.8) is 0 Å². The number of nitrogens with one attached hydrogen (secondary N) is 1. The highest BCUT2D eigenvalue weighted by atomic mass is 16.2. The number of aromatic nitrogens is 2. The van der Waals surface area contributed by atoms with Crippen LogP contribution in [0.4, 0.5) is 11.6 Å². The van der Waals surface area contributed by atoms with Gasteiger partial charge >= 0.3 is 0 Å². The number of amides is 1. The van der Waals surface area contributed by atoms with Crippen molar-refractivity contribution in [2.75, 3.05) is 31.5 Å². The first-order chi connectivity index (χ1) is 14.7. The van der Waals surface area contributed by atoms with E-state index in [1.54, 1.807) is 30.5 Å². The lowest BCUT2D eigenvalue weighted by atomic mass is 10.2. The van der Waals surface area contributed by atoms with E-state index in [0.717, 1.165) is 19.6 Å². The number of carbonyl (C=O) groups excluding carboxylic acids is 1. The maximum atomic E-state index is 12.9. The molecule has 3 aromatic rings. The lowest BCUT2D eigenvalue weighted by molar-refractivity contribution is 0.0622.